The zero-order valence-electron chi connectivity index (χ0n) is 18.7. The highest BCUT2D eigenvalue weighted by molar-refractivity contribution is 7.92. The second-order valence-corrected chi connectivity index (χ2v) is 8.86. The van der Waals surface area contributed by atoms with Crippen LogP contribution in [-0.2, 0) is 14.8 Å². The summed E-state index contributed by atoms with van der Waals surface area (Å²) in [6, 6.07) is 10.4. The molecule has 2 aromatic carbocycles. The van der Waals surface area contributed by atoms with Crippen molar-refractivity contribution >= 4 is 21.6 Å². The molecule has 2 rings (SSSR count). The Morgan fingerprint density at radius 3 is 2.16 bits per heavy atom. The quantitative estimate of drug-likeness (QED) is 0.598. The van der Waals surface area contributed by atoms with Gasteiger partial charge in [-0.05, 0) is 63.2 Å². The molecule has 31 heavy (non-hydrogen) atoms. The third-order valence-corrected chi connectivity index (χ3v) is 5.99. The number of nitrogens with zero attached hydrogens (tertiary/aromatic N) is 1. The fraction of sp³-hybridized carbons (Fsp3) is 0.409. The van der Waals surface area contributed by atoms with E-state index < -0.39 is 28.0 Å². The molecule has 0 spiro atoms. The summed E-state index contributed by atoms with van der Waals surface area (Å²) in [5.41, 5.74) is 1.09. The molecule has 1 amide bonds. The van der Waals surface area contributed by atoms with E-state index in [4.69, 9.17) is 14.2 Å². The summed E-state index contributed by atoms with van der Waals surface area (Å²) in [7, 11) is -0.630. The van der Waals surface area contributed by atoms with Gasteiger partial charge in [-0.2, -0.15) is 0 Å². The second-order valence-electron chi connectivity index (χ2n) is 7.00. The number of carbonyl (C=O) groups is 1. The molecular weight excluding hydrogens is 420 g/mol. The largest absolute Gasteiger partial charge is 0.497 e. The molecule has 2 atom stereocenters. The van der Waals surface area contributed by atoms with Gasteiger partial charge in [0.1, 0.15) is 23.3 Å². The van der Waals surface area contributed by atoms with Crippen molar-refractivity contribution in [3.8, 4) is 17.2 Å². The molecule has 1 N–H and O–H groups in total. The first-order valence-electron chi connectivity index (χ1n) is 9.86. The Kier molecular flexibility index (Phi) is 8.15. The minimum absolute atomic E-state index is 0.375. The van der Waals surface area contributed by atoms with Crippen molar-refractivity contribution in [3.05, 3.63) is 48.0 Å². The molecule has 0 bridgehead atoms. The normalized spacial score (nSPS) is 13.1. The van der Waals surface area contributed by atoms with Crippen molar-refractivity contribution < 1.29 is 27.4 Å². The minimum Gasteiger partial charge on any atom is -0.497 e. The molecule has 0 saturated carbocycles. The number of methoxy groups -OCH3 is 2. The van der Waals surface area contributed by atoms with E-state index in [9.17, 15) is 13.2 Å². The Hall–Kier alpha value is -2.94. The maximum absolute atomic E-state index is 13.0. The monoisotopic (exact) mass is 450 g/mol. The molecule has 2 aromatic rings. The van der Waals surface area contributed by atoms with Crippen molar-refractivity contribution in [3.63, 3.8) is 0 Å². The minimum atomic E-state index is -3.72. The number of hydrogen-bond acceptors (Lipinski definition) is 6. The van der Waals surface area contributed by atoms with Gasteiger partial charge in [0.25, 0.3) is 0 Å². The van der Waals surface area contributed by atoms with Crippen LogP contribution in [0.4, 0.5) is 5.69 Å². The molecule has 0 saturated heterocycles. The van der Waals surface area contributed by atoms with E-state index in [1.807, 2.05) is 6.92 Å². The molecule has 9 heteroatoms. The summed E-state index contributed by atoms with van der Waals surface area (Å²) in [6.45, 7) is 5.70. The van der Waals surface area contributed by atoms with Gasteiger partial charge in [-0.25, -0.2) is 8.42 Å². The predicted molar refractivity (Wildman–Crippen MR) is 120 cm³/mol. The second kappa shape index (κ2) is 10.4. The van der Waals surface area contributed by atoms with Crippen LogP contribution < -0.4 is 23.8 Å². The molecule has 2 unspecified atom stereocenters. The first-order valence-corrected chi connectivity index (χ1v) is 11.7. The Bertz CT molecular complexity index is 992. The van der Waals surface area contributed by atoms with Gasteiger partial charge in [0.15, 0.2) is 0 Å². The lowest BCUT2D eigenvalue weighted by Gasteiger charge is -2.29. The van der Waals surface area contributed by atoms with Crippen LogP contribution in [0.25, 0.3) is 0 Å². The Morgan fingerprint density at radius 1 is 1.03 bits per heavy atom. The van der Waals surface area contributed by atoms with E-state index in [0.717, 1.165) is 16.1 Å². The Labute approximate surface area is 184 Å². The third kappa shape index (κ3) is 6.04. The highest BCUT2D eigenvalue weighted by atomic mass is 32.2. The van der Waals surface area contributed by atoms with Gasteiger partial charge in [-0.15, -0.1) is 0 Å². The van der Waals surface area contributed by atoms with Crippen LogP contribution in [0, 0.1) is 0 Å². The Morgan fingerprint density at radius 2 is 1.65 bits per heavy atom. The topological polar surface area (TPSA) is 94.2 Å². The molecule has 0 aliphatic heterocycles. The summed E-state index contributed by atoms with van der Waals surface area (Å²) in [6.07, 6.45) is 1.07. The molecule has 0 aliphatic rings. The van der Waals surface area contributed by atoms with E-state index in [-0.39, 0.29) is 0 Å². The van der Waals surface area contributed by atoms with Crippen LogP contribution in [-0.4, -0.2) is 47.4 Å². The average molecular weight is 451 g/mol. The van der Waals surface area contributed by atoms with Crippen LogP contribution in [0.5, 0.6) is 17.2 Å². The van der Waals surface area contributed by atoms with Gasteiger partial charge in [0.05, 0.1) is 38.8 Å². The van der Waals surface area contributed by atoms with Crippen molar-refractivity contribution in [1.29, 1.82) is 0 Å². The molecule has 8 nitrogen and oxygen atoms in total. The van der Waals surface area contributed by atoms with Crippen LogP contribution in [0.3, 0.4) is 0 Å². The van der Waals surface area contributed by atoms with Gasteiger partial charge in [0, 0.05) is 5.56 Å². The number of rotatable bonds is 10. The maximum atomic E-state index is 13.0. The van der Waals surface area contributed by atoms with E-state index >= 15 is 0 Å². The van der Waals surface area contributed by atoms with Crippen molar-refractivity contribution in [2.24, 2.45) is 0 Å². The summed E-state index contributed by atoms with van der Waals surface area (Å²) < 4.78 is 42.2. The van der Waals surface area contributed by atoms with Gasteiger partial charge < -0.3 is 19.5 Å². The zero-order valence-corrected chi connectivity index (χ0v) is 19.5. The molecule has 170 valence electrons. The molecule has 0 radical (unpaired) electrons. The number of amides is 1. The van der Waals surface area contributed by atoms with E-state index in [2.05, 4.69) is 5.32 Å². The summed E-state index contributed by atoms with van der Waals surface area (Å²) in [5, 5.41) is 2.87. The van der Waals surface area contributed by atoms with Gasteiger partial charge in [0.2, 0.25) is 15.9 Å². The first kappa shape index (κ1) is 24.3. The number of benzene rings is 2. The highest BCUT2D eigenvalue weighted by Crippen LogP contribution is 2.30. The Balaban J connectivity index is 2.28. The summed E-state index contributed by atoms with van der Waals surface area (Å²) >= 11 is 0. The van der Waals surface area contributed by atoms with Crippen molar-refractivity contribution in [1.82, 2.24) is 5.32 Å². The molecule has 0 heterocycles. The summed E-state index contributed by atoms with van der Waals surface area (Å²) in [4.78, 5) is 13.0. The van der Waals surface area contributed by atoms with Gasteiger partial charge in [-0.1, -0.05) is 0 Å². The van der Waals surface area contributed by atoms with Crippen LogP contribution in [0.2, 0.25) is 0 Å². The average Bonchev–Trinajstić information content (AvgIpc) is 2.73. The lowest BCUT2D eigenvalue weighted by atomic mass is 10.1. The first-order chi connectivity index (χ1) is 14.6. The fourth-order valence-corrected chi connectivity index (χ4v) is 4.43. The molecular formula is C22H30N2O6S. The van der Waals surface area contributed by atoms with E-state index in [1.54, 1.807) is 70.5 Å². The number of hydrogen-bond donors (Lipinski definition) is 1. The van der Waals surface area contributed by atoms with E-state index in [0.29, 0.717) is 29.5 Å². The molecule has 0 aliphatic carbocycles. The number of carbonyl (C=O) groups excluding carboxylic acids is 1. The standard InChI is InChI=1S/C22H30N2O6S/c1-7-30-18-10-8-17(9-11-18)24(31(6,26)27)16(3)22(25)23-15(2)20-14-19(28-4)12-13-21(20)29-5/h8-16H,7H2,1-6H3,(H,23,25). The predicted octanol–water partition coefficient (Wildman–Crippen LogP) is 3.13. The number of ether oxygens (including phenoxy) is 3. The number of sulfonamides is 1. The lowest BCUT2D eigenvalue weighted by Crippen LogP contribution is -2.48. The highest BCUT2D eigenvalue weighted by Gasteiger charge is 2.30. The van der Waals surface area contributed by atoms with Gasteiger partial charge in [-0.3, -0.25) is 9.10 Å². The van der Waals surface area contributed by atoms with Gasteiger partial charge >= 0.3 is 0 Å². The van der Waals surface area contributed by atoms with Crippen LogP contribution in [0.15, 0.2) is 42.5 Å². The van der Waals surface area contributed by atoms with E-state index in [1.165, 1.54) is 0 Å². The van der Waals surface area contributed by atoms with Crippen LogP contribution in [0.1, 0.15) is 32.4 Å². The van der Waals surface area contributed by atoms with Crippen molar-refractivity contribution in [2.45, 2.75) is 32.9 Å². The molecule has 0 fully saturated rings. The van der Waals surface area contributed by atoms with Crippen LogP contribution >= 0.6 is 0 Å². The third-order valence-electron chi connectivity index (χ3n) is 4.75. The fourth-order valence-electron chi connectivity index (χ4n) is 3.25. The summed E-state index contributed by atoms with van der Waals surface area (Å²) in [5.74, 6) is 1.39. The zero-order chi connectivity index (χ0) is 23.2. The van der Waals surface area contributed by atoms with Crippen molar-refractivity contribution in [2.75, 3.05) is 31.4 Å². The lowest BCUT2D eigenvalue weighted by molar-refractivity contribution is -0.122. The number of nitrogens with one attached hydrogen (secondary N) is 1. The number of anilines is 1. The smallest absolute Gasteiger partial charge is 0.244 e. The maximum Gasteiger partial charge on any atom is 0.244 e. The SMILES string of the molecule is CCOc1ccc(N(C(C)C(=O)NC(C)c2cc(OC)ccc2OC)S(C)(=O)=O)cc1. The molecule has 0 aromatic heterocycles.